The molecular weight excluding hydrogens is 278 g/mol. The Bertz CT molecular complexity index is 653. The molecule has 2 N–H and O–H groups in total. The van der Waals surface area contributed by atoms with Gasteiger partial charge in [-0.05, 0) is 30.7 Å². The smallest absolute Gasteiger partial charge is 0.251 e. The number of amides is 1. The fourth-order valence-electron chi connectivity index (χ4n) is 1.53. The average Bonchev–Trinajstić information content (AvgIpc) is 2.35. The summed E-state index contributed by atoms with van der Waals surface area (Å²) in [4.78, 5) is 11.8. The molecule has 1 amide bonds. The summed E-state index contributed by atoms with van der Waals surface area (Å²) in [5.41, 5.74) is 2.01. The molecule has 108 valence electrons. The second kappa shape index (κ2) is 7.08. The van der Waals surface area contributed by atoms with E-state index < -0.39 is 9.84 Å². The third kappa shape index (κ3) is 5.43. The molecule has 20 heavy (non-hydrogen) atoms. The summed E-state index contributed by atoms with van der Waals surface area (Å²) in [6, 6.07) is 4.99. The maximum atomic E-state index is 11.8. The number of carbonyl (C=O) groups is 1. The number of hydrogen-bond acceptors (Lipinski definition) is 4. The molecule has 1 aromatic rings. The highest BCUT2D eigenvalue weighted by Gasteiger charge is 2.08. The molecule has 0 aromatic heterocycles. The summed E-state index contributed by atoms with van der Waals surface area (Å²) in [5, 5.41) is 11.2. The van der Waals surface area contributed by atoms with Crippen molar-refractivity contribution in [2.24, 2.45) is 0 Å². The van der Waals surface area contributed by atoms with Crippen LogP contribution in [-0.2, 0) is 9.84 Å². The minimum atomic E-state index is -3.08. The van der Waals surface area contributed by atoms with E-state index in [2.05, 4.69) is 17.2 Å². The Kier molecular flexibility index (Phi) is 5.74. The number of rotatable bonds is 4. The van der Waals surface area contributed by atoms with Crippen molar-refractivity contribution in [1.29, 1.82) is 0 Å². The van der Waals surface area contributed by atoms with Gasteiger partial charge in [0, 0.05) is 23.9 Å². The average molecular weight is 295 g/mol. The highest BCUT2D eigenvalue weighted by atomic mass is 32.2. The monoisotopic (exact) mass is 295 g/mol. The van der Waals surface area contributed by atoms with Gasteiger partial charge in [0.1, 0.15) is 16.4 Å². The predicted molar refractivity (Wildman–Crippen MR) is 77.2 cm³/mol. The lowest BCUT2D eigenvalue weighted by molar-refractivity contribution is 0.0956. The second-order valence-electron chi connectivity index (χ2n) is 4.38. The van der Waals surface area contributed by atoms with Crippen LogP contribution in [0, 0.1) is 18.8 Å². The lowest BCUT2D eigenvalue weighted by Gasteiger charge is -2.06. The molecule has 0 fully saturated rings. The molecular formula is C14H17NO4S. The zero-order valence-electron chi connectivity index (χ0n) is 11.4. The normalized spacial score (nSPS) is 10.6. The van der Waals surface area contributed by atoms with Crippen molar-refractivity contribution in [1.82, 2.24) is 5.32 Å². The molecule has 0 saturated carbocycles. The van der Waals surface area contributed by atoms with Gasteiger partial charge in [-0.15, -0.1) is 0 Å². The van der Waals surface area contributed by atoms with E-state index in [0.29, 0.717) is 5.56 Å². The van der Waals surface area contributed by atoms with Crippen molar-refractivity contribution in [2.45, 2.75) is 6.92 Å². The zero-order chi connectivity index (χ0) is 15.2. The first-order valence-electron chi connectivity index (χ1n) is 6.00. The molecule has 0 aliphatic heterocycles. The van der Waals surface area contributed by atoms with Crippen LogP contribution in [0.3, 0.4) is 0 Å². The first-order valence-corrected chi connectivity index (χ1v) is 8.06. The van der Waals surface area contributed by atoms with Crippen LogP contribution >= 0.6 is 0 Å². The summed E-state index contributed by atoms with van der Waals surface area (Å²) >= 11 is 0. The van der Waals surface area contributed by atoms with Crippen LogP contribution in [0.1, 0.15) is 21.5 Å². The van der Waals surface area contributed by atoms with Crippen LogP contribution in [0.5, 0.6) is 0 Å². The van der Waals surface area contributed by atoms with Crippen LogP contribution in [0.4, 0.5) is 0 Å². The van der Waals surface area contributed by atoms with Crippen molar-refractivity contribution in [3.8, 4) is 11.8 Å². The standard InChI is InChI=1S/C14H17NO4S/c1-11-10-13(6-5-12(11)4-3-8-16)14(17)15-7-9-20(2,18)19/h5-6,10,16H,7-9H2,1-2H3,(H,15,17). The molecule has 0 unspecified atom stereocenters. The number of sulfone groups is 1. The molecule has 0 spiro atoms. The van der Waals surface area contributed by atoms with Gasteiger partial charge < -0.3 is 10.4 Å². The number of benzene rings is 1. The second-order valence-corrected chi connectivity index (χ2v) is 6.64. The number of aliphatic hydroxyl groups excluding tert-OH is 1. The third-order valence-corrected chi connectivity index (χ3v) is 3.49. The van der Waals surface area contributed by atoms with E-state index in [0.717, 1.165) is 17.4 Å². The maximum absolute atomic E-state index is 11.8. The van der Waals surface area contributed by atoms with Crippen molar-refractivity contribution >= 4 is 15.7 Å². The Hall–Kier alpha value is -1.84. The molecule has 0 heterocycles. The maximum Gasteiger partial charge on any atom is 0.251 e. The molecule has 0 aliphatic carbocycles. The summed E-state index contributed by atoms with van der Waals surface area (Å²) < 4.78 is 21.9. The van der Waals surface area contributed by atoms with Crippen molar-refractivity contribution in [3.05, 3.63) is 34.9 Å². The Balaban J connectivity index is 2.73. The van der Waals surface area contributed by atoms with E-state index in [-0.39, 0.29) is 24.8 Å². The van der Waals surface area contributed by atoms with E-state index in [9.17, 15) is 13.2 Å². The van der Waals surface area contributed by atoms with Gasteiger partial charge in [0.25, 0.3) is 5.91 Å². The van der Waals surface area contributed by atoms with Gasteiger partial charge >= 0.3 is 0 Å². The molecule has 1 rings (SSSR count). The topological polar surface area (TPSA) is 83.5 Å². The first kappa shape index (κ1) is 16.2. The van der Waals surface area contributed by atoms with Gasteiger partial charge in [0.05, 0.1) is 5.75 Å². The van der Waals surface area contributed by atoms with E-state index in [1.54, 1.807) is 18.2 Å². The molecule has 5 nitrogen and oxygen atoms in total. The Morgan fingerprint density at radius 2 is 2.10 bits per heavy atom. The lowest BCUT2D eigenvalue weighted by atomic mass is 10.0. The van der Waals surface area contributed by atoms with E-state index in [4.69, 9.17) is 5.11 Å². The minimum absolute atomic E-state index is 0.0855. The quantitative estimate of drug-likeness (QED) is 0.773. The fourth-order valence-corrected chi connectivity index (χ4v) is 2.00. The van der Waals surface area contributed by atoms with Crippen molar-refractivity contribution in [3.63, 3.8) is 0 Å². The molecule has 1 aromatic carbocycles. The first-order chi connectivity index (χ1) is 9.33. The van der Waals surface area contributed by atoms with E-state index in [1.165, 1.54) is 0 Å². The van der Waals surface area contributed by atoms with Crippen LogP contribution in [-0.4, -0.2) is 44.6 Å². The molecule has 0 radical (unpaired) electrons. The fraction of sp³-hybridized carbons (Fsp3) is 0.357. The predicted octanol–water partition coefficient (Wildman–Crippen LogP) is 0.113. The molecule has 0 saturated heterocycles. The molecule has 0 atom stereocenters. The molecule has 0 aliphatic rings. The van der Waals surface area contributed by atoms with Crippen LogP contribution in [0.25, 0.3) is 0 Å². The van der Waals surface area contributed by atoms with Gasteiger partial charge in [-0.25, -0.2) is 8.42 Å². The van der Waals surface area contributed by atoms with Gasteiger partial charge in [0.15, 0.2) is 0 Å². The van der Waals surface area contributed by atoms with Crippen LogP contribution in [0.2, 0.25) is 0 Å². The molecule has 6 heteroatoms. The summed E-state index contributed by atoms with van der Waals surface area (Å²) in [5.74, 6) is 4.92. The van der Waals surface area contributed by atoms with Gasteiger partial charge in [-0.1, -0.05) is 11.8 Å². The minimum Gasteiger partial charge on any atom is -0.384 e. The number of nitrogens with one attached hydrogen (secondary N) is 1. The number of aliphatic hydroxyl groups is 1. The van der Waals surface area contributed by atoms with Crippen molar-refractivity contribution in [2.75, 3.05) is 25.2 Å². The third-order valence-electron chi connectivity index (χ3n) is 2.55. The van der Waals surface area contributed by atoms with Gasteiger partial charge in [-0.2, -0.15) is 0 Å². The summed E-state index contributed by atoms with van der Waals surface area (Å²) in [6.45, 7) is 1.69. The zero-order valence-corrected chi connectivity index (χ0v) is 12.3. The van der Waals surface area contributed by atoms with E-state index >= 15 is 0 Å². The largest absolute Gasteiger partial charge is 0.384 e. The van der Waals surface area contributed by atoms with Crippen LogP contribution in [0.15, 0.2) is 18.2 Å². The Labute approximate surface area is 118 Å². The number of aryl methyl sites for hydroxylation is 1. The van der Waals surface area contributed by atoms with Crippen LogP contribution < -0.4 is 5.32 Å². The lowest BCUT2D eigenvalue weighted by Crippen LogP contribution is -2.28. The summed E-state index contributed by atoms with van der Waals surface area (Å²) in [6.07, 6.45) is 1.12. The highest BCUT2D eigenvalue weighted by Crippen LogP contribution is 2.10. The molecule has 0 bridgehead atoms. The van der Waals surface area contributed by atoms with Gasteiger partial charge in [0.2, 0.25) is 0 Å². The van der Waals surface area contributed by atoms with E-state index in [1.807, 2.05) is 6.92 Å². The Morgan fingerprint density at radius 1 is 1.40 bits per heavy atom. The number of carbonyl (C=O) groups excluding carboxylic acids is 1. The van der Waals surface area contributed by atoms with Gasteiger partial charge in [-0.3, -0.25) is 4.79 Å². The van der Waals surface area contributed by atoms with Crippen molar-refractivity contribution < 1.29 is 18.3 Å². The summed E-state index contributed by atoms with van der Waals surface area (Å²) in [7, 11) is -3.08. The SMILES string of the molecule is Cc1cc(C(=O)NCCS(C)(=O)=O)ccc1C#CCO. The highest BCUT2D eigenvalue weighted by molar-refractivity contribution is 7.90. The Morgan fingerprint density at radius 3 is 2.65 bits per heavy atom. The number of hydrogen-bond donors (Lipinski definition) is 2.